The maximum absolute atomic E-state index is 9.84. The van der Waals surface area contributed by atoms with Gasteiger partial charge in [-0.2, -0.15) is 0 Å². The van der Waals surface area contributed by atoms with E-state index in [0.717, 1.165) is 18.3 Å². The molecule has 3 fully saturated rings. The molecule has 4 unspecified atom stereocenters. The molecule has 0 aromatic heterocycles. The Bertz CT molecular complexity index is 281. The Balaban J connectivity index is 1.58. The number of hydrogen-bond donors (Lipinski definition) is 2. The first-order valence-corrected chi connectivity index (χ1v) is 7.72. The van der Waals surface area contributed by atoms with Gasteiger partial charge < -0.3 is 14.9 Å². The topological polar surface area (TPSA) is 49.7 Å². The fourth-order valence-corrected chi connectivity index (χ4v) is 4.48. The summed E-state index contributed by atoms with van der Waals surface area (Å²) in [5.41, 5.74) is 0. The Morgan fingerprint density at radius 1 is 0.889 bits per heavy atom. The molecule has 3 aliphatic rings. The second-order valence-corrected chi connectivity index (χ2v) is 6.58. The molecule has 6 atom stereocenters. The van der Waals surface area contributed by atoms with Gasteiger partial charge in [-0.15, -0.1) is 0 Å². The van der Waals surface area contributed by atoms with E-state index in [4.69, 9.17) is 9.84 Å². The van der Waals surface area contributed by atoms with E-state index >= 15 is 0 Å². The van der Waals surface area contributed by atoms with E-state index in [1.54, 1.807) is 0 Å². The van der Waals surface area contributed by atoms with Crippen LogP contribution in [0.25, 0.3) is 0 Å². The highest BCUT2D eigenvalue weighted by Crippen LogP contribution is 2.45. The van der Waals surface area contributed by atoms with Gasteiger partial charge in [0.25, 0.3) is 0 Å². The standard InChI is InChI=1S/C15H26O3/c16-9-15-13(17)8-14(18-15)12-6-5-10-3-1-2-4-11(10)7-12/h10-17H,1-9H2/t10?,11?,12?,13?,14-,15+/m0/s1. The summed E-state index contributed by atoms with van der Waals surface area (Å²) in [4.78, 5) is 0. The predicted molar refractivity (Wildman–Crippen MR) is 69.2 cm³/mol. The van der Waals surface area contributed by atoms with Gasteiger partial charge >= 0.3 is 0 Å². The van der Waals surface area contributed by atoms with E-state index in [1.165, 1.54) is 44.9 Å². The number of ether oxygens (including phenoxy) is 1. The van der Waals surface area contributed by atoms with Crippen LogP contribution >= 0.6 is 0 Å². The Hall–Kier alpha value is -0.120. The molecular formula is C15H26O3. The lowest BCUT2D eigenvalue weighted by Gasteiger charge is -2.41. The second-order valence-electron chi connectivity index (χ2n) is 6.58. The van der Waals surface area contributed by atoms with E-state index in [1.807, 2.05) is 0 Å². The van der Waals surface area contributed by atoms with Gasteiger partial charge in [0.15, 0.2) is 0 Å². The molecule has 0 bridgehead atoms. The third-order valence-corrected chi connectivity index (χ3v) is 5.54. The minimum Gasteiger partial charge on any atom is -0.394 e. The average molecular weight is 254 g/mol. The van der Waals surface area contributed by atoms with Crippen molar-refractivity contribution >= 4 is 0 Å². The third kappa shape index (κ3) is 2.45. The molecule has 1 saturated heterocycles. The second kappa shape index (κ2) is 5.48. The highest BCUT2D eigenvalue weighted by Gasteiger charge is 2.41. The molecule has 0 amide bonds. The molecule has 3 rings (SSSR count). The molecule has 0 spiro atoms. The number of rotatable bonds is 2. The summed E-state index contributed by atoms with van der Waals surface area (Å²) in [5.74, 6) is 2.50. The quantitative estimate of drug-likeness (QED) is 0.793. The average Bonchev–Trinajstić information content (AvgIpc) is 2.79. The highest BCUT2D eigenvalue weighted by molar-refractivity contribution is 4.91. The van der Waals surface area contributed by atoms with Crippen molar-refractivity contribution in [2.75, 3.05) is 6.61 Å². The summed E-state index contributed by atoms with van der Waals surface area (Å²) in [6, 6.07) is 0. The summed E-state index contributed by atoms with van der Waals surface area (Å²) in [6.07, 6.45) is 9.71. The van der Waals surface area contributed by atoms with Crippen LogP contribution in [0.5, 0.6) is 0 Å². The molecule has 3 heteroatoms. The van der Waals surface area contributed by atoms with Crippen LogP contribution in [0, 0.1) is 17.8 Å². The predicted octanol–water partition coefficient (Wildman–Crippen LogP) is 2.10. The van der Waals surface area contributed by atoms with E-state index < -0.39 is 6.10 Å². The molecule has 0 aromatic rings. The van der Waals surface area contributed by atoms with Crippen LogP contribution in [-0.2, 0) is 4.74 Å². The summed E-state index contributed by atoms with van der Waals surface area (Å²) >= 11 is 0. The van der Waals surface area contributed by atoms with Crippen molar-refractivity contribution in [1.82, 2.24) is 0 Å². The van der Waals surface area contributed by atoms with E-state index in [-0.39, 0.29) is 18.8 Å². The lowest BCUT2D eigenvalue weighted by molar-refractivity contribution is -0.0519. The van der Waals surface area contributed by atoms with Crippen molar-refractivity contribution in [1.29, 1.82) is 0 Å². The minimum atomic E-state index is -0.455. The van der Waals surface area contributed by atoms with Crippen LogP contribution in [0.15, 0.2) is 0 Å². The van der Waals surface area contributed by atoms with Crippen LogP contribution in [0.4, 0.5) is 0 Å². The van der Waals surface area contributed by atoms with Crippen LogP contribution < -0.4 is 0 Å². The van der Waals surface area contributed by atoms with Gasteiger partial charge in [-0.25, -0.2) is 0 Å². The number of fused-ring (bicyclic) bond motifs is 1. The van der Waals surface area contributed by atoms with Crippen molar-refractivity contribution in [3.05, 3.63) is 0 Å². The van der Waals surface area contributed by atoms with Crippen molar-refractivity contribution in [3.8, 4) is 0 Å². The van der Waals surface area contributed by atoms with Gasteiger partial charge in [-0.3, -0.25) is 0 Å². The molecule has 2 aliphatic carbocycles. The molecule has 3 nitrogen and oxygen atoms in total. The van der Waals surface area contributed by atoms with Crippen LogP contribution in [0.2, 0.25) is 0 Å². The van der Waals surface area contributed by atoms with Crippen molar-refractivity contribution in [3.63, 3.8) is 0 Å². The molecule has 18 heavy (non-hydrogen) atoms. The van der Waals surface area contributed by atoms with Crippen molar-refractivity contribution < 1.29 is 14.9 Å². The smallest absolute Gasteiger partial charge is 0.107 e. The monoisotopic (exact) mass is 254 g/mol. The van der Waals surface area contributed by atoms with E-state index in [2.05, 4.69) is 0 Å². The van der Waals surface area contributed by atoms with Gasteiger partial charge in [0.05, 0.1) is 18.8 Å². The first kappa shape index (κ1) is 12.9. The Morgan fingerprint density at radius 3 is 2.33 bits per heavy atom. The molecule has 2 N–H and O–H groups in total. The van der Waals surface area contributed by atoms with Crippen molar-refractivity contribution in [2.24, 2.45) is 17.8 Å². The van der Waals surface area contributed by atoms with Crippen LogP contribution in [0.1, 0.15) is 51.4 Å². The summed E-state index contributed by atoms with van der Waals surface area (Å²) in [7, 11) is 0. The maximum Gasteiger partial charge on any atom is 0.107 e. The molecule has 2 saturated carbocycles. The molecule has 1 heterocycles. The highest BCUT2D eigenvalue weighted by atomic mass is 16.5. The number of hydrogen-bond acceptors (Lipinski definition) is 3. The number of aliphatic hydroxyl groups excluding tert-OH is 2. The van der Waals surface area contributed by atoms with Crippen molar-refractivity contribution in [2.45, 2.75) is 69.7 Å². The van der Waals surface area contributed by atoms with Crippen LogP contribution in [-0.4, -0.2) is 35.1 Å². The first-order chi connectivity index (χ1) is 8.78. The first-order valence-electron chi connectivity index (χ1n) is 7.72. The molecule has 1 aliphatic heterocycles. The zero-order valence-corrected chi connectivity index (χ0v) is 11.1. The maximum atomic E-state index is 9.84. The van der Waals surface area contributed by atoms with Gasteiger partial charge in [-0.1, -0.05) is 25.7 Å². The molecule has 0 radical (unpaired) electrons. The van der Waals surface area contributed by atoms with Gasteiger partial charge in [0.2, 0.25) is 0 Å². The SMILES string of the molecule is OC[C@H]1O[C@H](C2CCC3CCCCC3C2)CC1O. The largest absolute Gasteiger partial charge is 0.394 e. The lowest BCUT2D eigenvalue weighted by Crippen LogP contribution is -2.33. The van der Waals surface area contributed by atoms with E-state index in [0.29, 0.717) is 5.92 Å². The summed E-state index contributed by atoms with van der Waals surface area (Å²) < 4.78 is 5.84. The lowest BCUT2D eigenvalue weighted by atomic mass is 9.66. The van der Waals surface area contributed by atoms with Gasteiger partial charge in [-0.05, 0) is 37.0 Å². The zero-order valence-electron chi connectivity index (χ0n) is 11.1. The Kier molecular flexibility index (Phi) is 3.92. The third-order valence-electron chi connectivity index (χ3n) is 5.54. The molecular weight excluding hydrogens is 228 g/mol. The van der Waals surface area contributed by atoms with Crippen LogP contribution in [0.3, 0.4) is 0 Å². The zero-order chi connectivity index (χ0) is 12.5. The van der Waals surface area contributed by atoms with Gasteiger partial charge in [0, 0.05) is 6.42 Å². The molecule has 0 aromatic carbocycles. The fourth-order valence-electron chi connectivity index (χ4n) is 4.48. The Labute approximate surface area is 110 Å². The number of aliphatic hydroxyl groups is 2. The normalized spacial score (nSPS) is 49.0. The van der Waals surface area contributed by atoms with Gasteiger partial charge in [0.1, 0.15) is 6.10 Å². The summed E-state index contributed by atoms with van der Waals surface area (Å²) in [6.45, 7) is -0.0452. The summed E-state index contributed by atoms with van der Waals surface area (Å²) in [5, 5.41) is 19.0. The molecule has 104 valence electrons. The Morgan fingerprint density at radius 2 is 1.61 bits per heavy atom. The van der Waals surface area contributed by atoms with E-state index in [9.17, 15) is 5.11 Å². The minimum absolute atomic E-state index is 0.0452. The fraction of sp³-hybridized carbons (Fsp3) is 1.00.